The maximum absolute atomic E-state index is 12.7. The Hall–Kier alpha value is -15.3. The third-order valence-electron chi connectivity index (χ3n) is 26.8. The number of likely N-dealkylation sites (tertiary alicyclic amines) is 1. The van der Waals surface area contributed by atoms with E-state index in [2.05, 4.69) is 162 Å². The number of carbonyl (C=O) groups is 4. The molecule has 17 N–H and O–H groups in total. The molecule has 3 saturated carbocycles. The molecule has 1 aliphatic heterocycles. The number of ether oxygens (including phenoxy) is 2. The zero-order chi connectivity index (χ0) is 91.8. The summed E-state index contributed by atoms with van der Waals surface area (Å²) in [5.41, 5.74) is 55.2. The first kappa shape index (κ1) is 87.1. The monoisotopic (exact) mass is 1800 g/mol. The number of hydrogen-bond donors (Lipinski definition) is 11. The molecule has 4 fully saturated rings. The summed E-state index contributed by atoms with van der Waals surface area (Å²) < 4.78 is 19.8. The standard InChI is InChI=1S/C29H32N8O2.C25H24N6OS.C22H26N8O.C22H24N6O2/c1-17-6-5-9-21-14-22(33-23(17)21)24-25-26(30)35-28(31)36-37(25)27(34-24)20-12-10-18(11-13-20)15-32-29(38)39-16-19-7-3-2-4-8-19;1-15-3-2-4-19-18(15)13-20(28-19)21-22-23(26)27-8-11-31(22)24(29-21)16-5-9-30(10-6-16)25(32)17-7-12-33-14-17;1-12(31)25-11-13-6-8-14(9-7-13)21-27-18(19-20(23)28-22(24)29-30(19)21)17-10-15-4-2-3-5-16(15)26-17;1-27-10-9-13-3-8-16(11-17(13)27)18-19-20(23)24-12-25-28(19)21(26-18)14-4-6-15(7-5-14)22(29)30-2/h2-9,14,18,20,33H,10-13,15-16H2,1H3,(H,32,38)(H4,30,31,35,36);2-4,7-8,11-14,16,28H,5-6,9-10H2,1H3,(H2,26,27);2-5,10,13-14,26H,6-9,11H2,1H3,(H,25,31)(H4,23,24,28,29);3,8-12,14-15H,4-7H2,1-2H3,(H2,23,24,25). The highest BCUT2D eigenvalue weighted by molar-refractivity contribution is 7.08. The number of piperidine rings is 1. The van der Waals surface area contributed by atoms with Crippen LogP contribution in [0.15, 0.2) is 175 Å². The molecule has 5 aromatic carbocycles. The van der Waals surface area contributed by atoms with Crippen LogP contribution in [0.3, 0.4) is 0 Å². The minimum atomic E-state index is -0.388. The summed E-state index contributed by atoms with van der Waals surface area (Å²) in [4.78, 5) is 97.6. The van der Waals surface area contributed by atoms with Crippen molar-refractivity contribution in [2.75, 3.05) is 67.7 Å². The SMILES string of the molecule is CC(=O)NCC1CCC(c2nc(-c3cc4ccccc4[nH]3)c3c(N)nc(N)nn23)CC1.COC(=O)C1CCC(c2nc(-c3ccc4ccn(C)c4c3)c3c(N)ncnn23)CC1.Cc1cccc2[nH]c(-c3nc(C4CCN(C(=O)c5ccsc5)CC4)n4ccnc(N)c34)cc12.Cc1cccc2cc(-c3nc(C4CCC(CNC(=O)OCc5ccccc5)CC4)n4nc(N)nc(N)c34)[nH]c12. The first-order valence-electron chi connectivity index (χ1n) is 45.3. The number of fused-ring (bicyclic) bond motifs is 8. The molecule has 0 unspecified atom stereocenters. The number of nitrogens with zero attached hydrogens (tertiary/aromatic N) is 17. The number of carbonyl (C=O) groups excluding carboxylic acids is 4. The van der Waals surface area contributed by atoms with Crippen molar-refractivity contribution in [2.45, 2.75) is 141 Å². The number of amides is 3. The first-order valence-corrected chi connectivity index (χ1v) is 46.2. The van der Waals surface area contributed by atoms with Crippen LogP contribution in [0.25, 0.3) is 111 Å². The normalized spacial score (nSPS) is 17.7. The van der Waals surface area contributed by atoms with E-state index in [0.717, 1.165) is 239 Å². The fourth-order valence-electron chi connectivity index (χ4n) is 19.7. The van der Waals surface area contributed by atoms with Gasteiger partial charge in [0.25, 0.3) is 5.91 Å². The van der Waals surface area contributed by atoms with Gasteiger partial charge >= 0.3 is 12.1 Å². The van der Waals surface area contributed by atoms with Gasteiger partial charge in [-0.3, -0.25) is 18.8 Å². The maximum atomic E-state index is 12.7. The average Bonchev–Trinajstić information content (AvgIpc) is 1.63. The minimum Gasteiger partial charge on any atom is -0.469 e. The highest BCUT2D eigenvalue weighted by atomic mass is 32.1. The molecule has 35 heteroatoms. The second-order valence-electron chi connectivity index (χ2n) is 35.3. The number of aryl methyl sites for hydroxylation is 3. The first-order chi connectivity index (χ1) is 64.6. The number of nitrogens with two attached hydrogens (primary N) is 6. The molecule has 13 aromatic heterocycles. The third-order valence-corrected chi connectivity index (χ3v) is 27.5. The van der Waals surface area contributed by atoms with E-state index in [1.807, 2.05) is 100 Å². The summed E-state index contributed by atoms with van der Waals surface area (Å²) in [6.07, 6.45) is 19.5. The van der Waals surface area contributed by atoms with Crippen molar-refractivity contribution in [1.29, 1.82) is 0 Å². The number of nitrogens with one attached hydrogen (secondary N) is 5. The van der Waals surface area contributed by atoms with Crippen molar-refractivity contribution in [1.82, 2.24) is 108 Å². The molecule has 0 atom stereocenters. The van der Waals surface area contributed by atoms with E-state index >= 15 is 0 Å². The molecule has 22 rings (SSSR count). The molecule has 0 spiro atoms. The van der Waals surface area contributed by atoms with Crippen LogP contribution >= 0.6 is 11.3 Å². The lowest BCUT2D eigenvalue weighted by atomic mass is 9.81. The number of para-hydroxylation sites is 2. The minimum absolute atomic E-state index is 0.0204. The van der Waals surface area contributed by atoms with Gasteiger partial charge in [-0.2, -0.15) is 26.4 Å². The summed E-state index contributed by atoms with van der Waals surface area (Å²) >= 11 is 1.55. The van der Waals surface area contributed by atoms with E-state index in [4.69, 9.17) is 63.8 Å². The molecule has 4 aliphatic rings. The second kappa shape index (κ2) is 37.3. The molecule has 1 saturated heterocycles. The van der Waals surface area contributed by atoms with Gasteiger partial charge in [0.1, 0.15) is 86.9 Å². The molecular formula is C98H106N28O6S. The number of methoxy groups -OCH3 is 1. The second-order valence-corrected chi connectivity index (χ2v) is 36.1. The summed E-state index contributed by atoms with van der Waals surface area (Å²) in [7, 11) is 3.48. The summed E-state index contributed by atoms with van der Waals surface area (Å²) in [5.74, 6) is 7.03. The van der Waals surface area contributed by atoms with Crippen LogP contribution in [-0.4, -0.2) is 155 Å². The van der Waals surface area contributed by atoms with Gasteiger partial charge in [-0.05, 0) is 192 Å². The number of H-pyrrole nitrogens is 3. The number of alkyl carbamates (subject to hydrolysis) is 1. The van der Waals surface area contributed by atoms with E-state index < -0.39 is 0 Å². The van der Waals surface area contributed by atoms with Gasteiger partial charge in [0.05, 0.1) is 35.7 Å². The molecule has 133 heavy (non-hydrogen) atoms. The Balaban J connectivity index is 0.000000115. The topological polar surface area (TPSA) is 482 Å². The van der Waals surface area contributed by atoms with Crippen LogP contribution in [0.5, 0.6) is 0 Å². The summed E-state index contributed by atoms with van der Waals surface area (Å²) in [6, 6.07) is 46.8. The molecular weight excluding hydrogens is 1700 g/mol. The van der Waals surface area contributed by atoms with Gasteiger partial charge in [-0.15, -0.1) is 10.2 Å². The largest absolute Gasteiger partial charge is 0.469 e. The number of thiophene rings is 1. The smallest absolute Gasteiger partial charge is 0.407 e. The van der Waals surface area contributed by atoms with E-state index in [9.17, 15) is 19.2 Å². The Kier molecular flexibility index (Phi) is 24.4. The van der Waals surface area contributed by atoms with Crippen molar-refractivity contribution >= 4 is 136 Å². The fraction of sp³-hybridized carbons (Fsp3) is 0.316. The molecule has 18 aromatic rings. The number of anilines is 6. The lowest BCUT2D eigenvalue weighted by Gasteiger charge is -2.31. The number of benzene rings is 5. The number of nitrogen functional groups attached to an aromatic ring is 6. The molecule has 14 heterocycles. The number of aromatic amines is 3. The predicted molar refractivity (Wildman–Crippen MR) is 517 cm³/mol. The molecule has 3 amide bonds. The van der Waals surface area contributed by atoms with Crippen molar-refractivity contribution < 1.29 is 28.7 Å². The highest BCUT2D eigenvalue weighted by Crippen LogP contribution is 2.45. The van der Waals surface area contributed by atoms with Crippen LogP contribution in [-0.2, 0) is 32.7 Å². The summed E-state index contributed by atoms with van der Waals surface area (Å²) in [6.45, 7) is 8.76. The summed E-state index contributed by atoms with van der Waals surface area (Å²) in [5, 5.41) is 27.7. The van der Waals surface area contributed by atoms with Gasteiger partial charge in [0.15, 0.2) is 17.5 Å². The Morgan fingerprint density at radius 1 is 0.511 bits per heavy atom. The van der Waals surface area contributed by atoms with Crippen molar-refractivity contribution in [3.8, 4) is 45.4 Å². The van der Waals surface area contributed by atoms with E-state index in [1.165, 1.54) is 29.8 Å². The van der Waals surface area contributed by atoms with Gasteiger partial charge < -0.3 is 78.9 Å². The van der Waals surface area contributed by atoms with Gasteiger partial charge in [-0.25, -0.2) is 48.2 Å². The van der Waals surface area contributed by atoms with Gasteiger partial charge in [0, 0.05) is 132 Å². The molecule has 680 valence electrons. The highest BCUT2D eigenvalue weighted by Gasteiger charge is 2.36. The fourth-order valence-corrected chi connectivity index (χ4v) is 20.3. The van der Waals surface area contributed by atoms with Crippen molar-refractivity contribution in [3.63, 3.8) is 0 Å². The number of aromatic nitrogens is 19. The Bertz CT molecular complexity index is 7320. The quantitative estimate of drug-likeness (QED) is 0.0400. The van der Waals surface area contributed by atoms with E-state index in [-0.39, 0.29) is 72.0 Å². The number of esters is 1. The van der Waals surface area contributed by atoms with Gasteiger partial charge in [0.2, 0.25) is 17.8 Å². The number of imidazole rings is 4. The Morgan fingerprint density at radius 3 is 1.73 bits per heavy atom. The predicted octanol–water partition coefficient (Wildman–Crippen LogP) is 16.0. The zero-order valence-corrected chi connectivity index (χ0v) is 75.5. The molecule has 0 bridgehead atoms. The Morgan fingerprint density at radius 2 is 1.08 bits per heavy atom. The zero-order valence-electron chi connectivity index (χ0n) is 74.6. The lowest BCUT2D eigenvalue weighted by Crippen LogP contribution is -2.38. The maximum Gasteiger partial charge on any atom is 0.407 e. The number of rotatable bonds is 16. The third kappa shape index (κ3) is 17.8. The van der Waals surface area contributed by atoms with Crippen LogP contribution in [0.4, 0.5) is 40.0 Å². The average molecular weight is 1800 g/mol. The number of hydrogen-bond acceptors (Lipinski definition) is 24. The Labute approximate surface area is 768 Å². The van der Waals surface area contributed by atoms with E-state index in [0.29, 0.717) is 52.7 Å². The van der Waals surface area contributed by atoms with Crippen molar-refractivity contribution in [3.05, 3.63) is 221 Å². The van der Waals surface area contributed by atoms with Crippen molar-refractivity contribution in [2.24, 2.45) is 24.8 Å². The lowest BCUT2D eigenvalue weighted by molar-refractivity contribution is -0.146. The molecule has 0 radical (unpaired) electrons. The van der Waals surface area contributed by atoms with Crippen LogP contribution < -0.4 is 45.0 Å². The molecule has 34 nitrogen and oxygen atoms in total. The van der Waals surface area contributed by atoms with E-state index in [1.54, 1.807) is 33.5 Å². The van der Waals surface area contributed by atoms with Gasteiger partial charge in [-0.1, -0.05) is 91.0 Å². The van der Waals surface area contributed by atoms with Crippen LogP contribution in [0.1, 0.15) is 171 Å². The van der Waals surface area contributed by atoms with Crippen LogP contribution in [0.2, 0.25) is 0 Å². The van der Waals surface area contributed by atoms with Crippen LogP contribution in [0, 0.1) is 31.6 Å². The molecule has 3 aliphatic carbocycles.